The molecule has 1 aromatic carbocycles. The van der Waals surface area contributed by atoms with E-state index in [1.807, 2.05) is 6.07 Å². The van der Waals surface area contributed by atoms with Gasteiger partial charge in [0.05, 0.1) is 19.0 Å². The summed E-state index contributed by atoms with van der Waals surface area (Å²) in [5.74, 6) is -0.338. The summed E-state index contributed by atoms with van der Waals surface area (Å²) in [7, 11) is 0. The van der Waals surface area contributed by atoms with Crippen LogP contribution in [0.4, 0.5) is 0 Å². The van der Waals surface area contributed by atoms with E-state index in [1.54, 1.807) is 24.3 Å². The Bertz CT molecular complexity index is 607. The van der Waals surface area contributed by atoms with E-state index in [1.165, 1.54) is 0 Å². The first kappa shape index (κ1) is 11.4. The van der Waals surface area contributed by atoms with E-state index in [9.17, 15) is 4.79 Å². The number of aromatic nitrogens is 2. The van der Waals surface area contributed by atoms with Crippen LogP contribution in [0.2, 0.25) is 5.02 Å². The molecule has 0 aliphatic rings. The first-order valence-corrected chi connectivity index (χ1v) is 5.29. The Hall–Kier alpha value is -2.06. The van der Waals surface area contributed by atoms with Crippen LogP contribution >= 0.6 is 11.6 Å². The lowest BCUT2D eigenvalue weighted by molar-refractivity contribution is 0.484. The molecule has 0 radical (unpaired) electrons. The summed E-state index contributed by atoms with van der Waals surface area (Å²) in [5, 5.41) is 13.0. The molecule has 5 nitrogen and oxygen atoms in total. The molecule has 17 heavy (non-hydrogen) atoms. The Balaban J connectivity index is 2.31. The van der Waals surface area contributed by atoms with Crippen molar-refractivity contribution in [1.29, 1.82) is 5.26 Å². The molecular weight excluding hydrogens is 242 g/mol. The highest BCUT2D eigenvalue weighted by atomic mass is 35.5. The maximum absolute atomic E-state index is 11.4. The SMILES string of the molecule is N#CCCn1nc(-c2ccc(Cl)cc2)oc1=O. The van der Waals surface area contributed by atoms with Gasteiger partial charge in [-0.2, -0.15) is 9.94 Å². The molecule has 1 aromatic heterocycles. The number of halogens is 1. The van der Waals surface area contributed by atoms with Gasteiger partial charge in [0.15, 0.2) is 0 Å². The van der Waals surface area contributed by atoms with Crippen LogP contribution in [0.5, 0.6) is 0 Å². The minimum atomic E-state index is -0.565. The molecule has 0 aliphatic carbocycles. The van der Waals surface area contributed by atoms with E-state index in [0.717, 1.165) is 4.68 Å². The normalized spacial score (nSPS) is 10.1. The van der Waals surface area contributed by atoms with Crippen LogP contribution in [-0.2, 0) is 6.54 Å². The van der Waals surface area contributed by atoms with Gasteiger partial charge < -0.3 is 4.42 Å². The first-order chi connectivity index (χ1) is 8.20. The van der Waals surface area contributed by atoms with E-state index in [-0.39, 0.29) is 18.9 Å². The highest BCUT2D eigenvalue weighted by molar-refractivity contribution is 6.30. The number of benzene rings is 1. The molecule has 2 rings (SSSR count). The molecule has 0 bridgehead atoms. The number of rotatable bonds is 3. The summed E-state index contributed by atoms with van der Waals surface area (Å²) in [6, 6.07) is 8.73. The third kappa shape index (κ3) is 2.55. The lowest BCUT2D eigenvalue weighted by Gasteiger charge is -1.94. The molecule has 0 atom stereocenters. The van der Waals surface area contributed by atoms with Gasteiger partial charge in [-0.25, -0.2) is 4.79 Å². The van der Waals surface area contributed by atoms with Crippen LogP contribution in [0, 0.1) is 11.3 Å². The average Bonchev–Trinajstić information content (AvgIpc) is 2.69. The molecule has 0 spiro atoms. The van der Waals surface area contributed by atoms with Gasteiger partial charge in [0.2, 0.25) is 5.89 Å². The van der Waals surface area contributed by atoms with Crippen LogP contribution in [0.1, 0.15) is 6.42 Å². The van der Waals surface area contributed by atoms with E-state index in [4.69, 9.17) is 21.3 Å². The van der Waals surface area contributed by atoms with Crippen LogP contribution in [0.15, 0.2) is 33.5 Å². The standard InChI is InChI=1S/C11H8ClN3O2/c12-9-4-2-8(3-5-9)10-14-15(7-1-6-13)11(16)17-10/h2-5H,1,7H2. The maximum atomic E-state index is 11.4. The predicted molar refractivity (Wildman–Crippen MR) is 61.4 cm³/mol. The summed E-state index contributed by atoms with van der Waals surface area (Å²) in [5.41, 5.74) is 0.669. The second kappa shape index (κ2) is 4.85. The van der Waals surface area contributed by atoms with Gasteiger partial charge in [-0.1, -0.05) is 11.6 Å². The fourth-order valence-corrected chi connectivity index (χ4v) is 1.44. The first-order valence-electron chi connectivity index (χ1n) is 4.91. The Kier molecular flexibility index (Phi) is 3.26. The number of aryl methyl sites for hydroxylation is 1. The zero-order chi connectivity index (χ0) is 12.3. The van der Waals surface area contributed by atoms with Crippen LogP contribution in [0.3, 0.4) is 0 Å². The highest BCUT2D eigenvalue weighted by Gasteiger charge is 2.09. The zero-order valence-electron chi connectivity index (χ0n) is 8.76. The highest BCUT2D eigenvalue weighted by Crippen LogP contribution is 2.18. The minimum Gasteiger partial charge on any atom is -0.388 e. The van der Waals surface area contributed by atoms with Crippen molar-refractivity contribution >= 4 is 11.6 Å². The summed E-state index contributed by atoms with van der Waals surface area (Å²) >= 11 is 5.75. The molecule has 0 saturated carbocycles. The molecule has 6 heteroatoms. The van der Waals surface area contributed by atoms with E-state index >= 15 is 0 Å². The van der Waals surface area contributed by atoms with Gasteiger partial charge in [0.25, 0.3) is 0 Å². The van der Waals surface area contributed by atoms with E-state index < -0.39 is 5.76 Å². The average molecular weight is 250 g/mol. The molecule has 86 valence electrons. The van der Waals surface area contributed by atoms with Crippen molar-refractivity contribution in [1.82, 2.24) is 9.78 Å². The Morgan fingerprint density at radius 3 is 2.76 bits per heavy atom. The lowest BCUT2D eigenvalue weighted by Crippen LogP contribution is -2.15. The fraction of sp³-hybridized carbons (Fsp3) is 0.182. The number of nitrogens with zero attached hydrogens (tertiary/aromatic N) is 3. The quantitative estimate of drug-likeness (QED) is 0.835. The summed E-state index contributed by atoms with van der Waals surface area (Å²) < 4.78 is 6.11. The summed E-state index contributed by atoms with van der Waals surface area (Å²) in [4.78, 5) is 11.4. The van der Waals surface area contributed by atoms with Crippen molar-refractivity contribution in [3.05, 3.63) is 39.8 Å². The Labute approximate surface area is 102 Å². The predicted octanol–water partition coefficient (Wildman–Crippen LogP) is 2.07. The van der Waals surface area contributed by atoms with Gasteiger partial charge in [-0.15, -0.1) is 5.10 Å². The lowest BCUT2D eigenvalue weighted by atomic mass is 10.2. The summed E-state index contributed by atoms with van der Waals surface area (Å²) in [6.07, 6.45) is 0.215. The topological polar surface area (TPSA) is 71.8 Å². The van der Waals surface area contributed by atoms with Crippen molar-refractivity contribution < 1.29 is 4.42 Å². The van der Waals surface area contributed by atoms with Crippen molar-refractivity contribution in [2.24, 2.45) is 0 Å². The van der Waals surface area contributed by atoms with Crippen molar-refractivity contribution in [2.75, 3.05) is 0 Å². The molecule has 2 aromatic rings. The minimum absolute atomic E-state index is 0.215. The van der Waals surface area contributed by atoms with Crippen LogP contribution < -0.4 is 5.76 Å². The number of nitriles is 1. The van der Waals surface area contributed by atoms with Crippen molar-refractivity contribution in [3.63, 3.8) is 0 Å². The second-order valence-corrected chi connectivity index (χ2v) is 3.75. The summed E-state index contributed by atoms with van der Waals surface area (Å²) in [6.45, 7) is 0.229. The van der Waals surface area contributed by atoms with Gasteiger partial charge in [-0.05, 0) is 24.3 Å². The fourth-order valence-electron chi connectivity index (χ4n) is 1.31. The van der Waals surface area contributed by atoms with Crippen molar-refractivity contribution in [3.8, 4) is 17.5 Å². The Morgan fingerprint density at radius 1 is 1.41 bits per heavy atom. The maximum Gasteiger partial charge on any atom is 0.437 e. The monoisotopic (exact) mass is 249 g/mol. The molecule has 1 heterocycles. The van der Waals surface area contributed by atoms with Crippen LogP contribution in [-0.4, -0.2) is 9.78 Å². The van der Waals surface area contributed by atoms with Gasteiger partial charge in [0.1, 0.15) is 0 Å². The molecular formula is C11H8ClN3O2. The number of hydrogen-bond acceptors (Lipinski definition) is 4. The Morgan fingerprint density at radius 2 is 2.12 bits per heavy atom. The largest absolute Gasteiger partial charge is 0.437 e. The molecule has 0 unspecified atom stereocenters. The third-order valence-electron chi connectivity index (χ3n) is 2.13. The molecule has 0 aliphatic heterocycles. The smallest absolute Gasteiger partial charge is 0.388 e. The number of hydrogen-bond donors (Lipinski definition) is 0. The van der Waals surface area contributed by atoms with E-state index in [2.05, 4.69) is 5.10 Å². The van der Waals surface area contributed by atoms with E-state index in [0.29, 0.717) is 10.6 Å². The van der Waals surface area contributed by atoms with Gasteiger partial charge in [-0.3, -0.25) is 0 Å². The van der Waals surface area contributed by atoms with Crippen LogP contribution in [0.25, 0.3) is 11.5 Å². The third-order valence-corrected chi connectivity index (χ3v) is 2.38. The molecule has 0 N–H and O–H groups in total. The zero-order valence-corrected chi connectivity index (χ0v) is 9.52. The van der Waals surface area contributed by atoms with Crippen molar-refractivity contribution in [2.45, 2.75) is 13.0 Å². The molecule has 0 saturated heterocycles. The van der Waals surface area contributed by atoms with Gasteiger partial charge >= 0.3 is 5.76 Å². The van der Waals surface area contributed by atoms with Gasteiger partial charge in [0, 0.05) is 10.6 Å². The second-order valence-electron chi connectivity index (χ2n) is 3.31. The molecule has 0 fully saturated rings. The molecule has 0 amide bonds.